The normalized spacial score (nSPS) is 17.3. The van der Waals surface area contributed by atoms with Gasteiger partial charge in [-0.1, -0.05) is 26.0 Å². The van der Waals surface area contributed by atoms with E-state index in [4.69, 9.17) is 9.47 Å². The van der Waals surface area contributed by atoms with Crippen molar-refractivity contribution in [3.8, 4) is 0 Å². The van der Waals surface area contributed by atoms with Gasteiger partial charge >= 0.3 is 12.0 Å². The minimum atomic E-state index is -0.765. The second-order valence-corrected chi connectivity index (χ2v) is 6.90. The topological polar surface area (TPSA) is 67.9 Å². The van der Waals surface area contributed by atoms with Gasteiger partial charge in [0.15, 0.2) is 0 Å². The third-order valence-corrected chi connectivity index (χ3v) is 4.45. The number of esters is 1. The highest BCUT2D eigenvalue weighted by Crippen LogP contribution is 2.32. The first-order valence-electron chi connectivity index (χ1n) is 9.05. The molecule has 6 nitrogen and oxygen atoms in total. The molecule has 0 aliphatic carbocycles. The van der Waals surface area contributed by atoms with Gasteiger partial charge in [-0.3, -0.25) is 4.90 Å². The van der Waals surface area contributed by atoms with Gasteiger partial charge in [-0.25, -0.2) is 14.0 Å². The number of amides is 2. The van der Waals surface area contributed by atoms with Crippen molar-refractivity contribution in [1.29, 1.82) is 0 Å². The summed E-state index contributed by atoms with van der Waals surface area (Å²) in [4.78, 5) is 26.9. The van der Waals surface area contributed by atoms with Crippen molar-refractivity contribution < 1.29 is 23.5 Å². The Labute approximate surface area is 159 Å². The first-order chi connectivity index (χ1) is 12.8. The maximum Gasteiger partial charge on any atom is 0.338 e. The second-order valence-electron chi connectivity index (χ2n) is 6.90. The number of halogens is 1. The molecule has 0 fully saturated rings. The molecule has 0 spiro atoms. The van der Waals surface area contributed by atoms with Crippen LogP contribution >= 0.6 is 0 Å². The van der Waals surface area contributed by atoms with Crippen LogP contribution in [0.5, 0.6) is 0 Å². The highest BCUT2D eigenvalue weighted by atomic mass is 19.1. The fourth-order valence-electron chi connectivity index (χ4n) is 2.93. The largest absolute Gasteiger partial charge is 0.460 e. The molecule has 1 N–H and O–H groups in total. The van der Waals surface area contributed by atoms with Gasteiger partial charge in [0.25, 0.3) is 0 Å². The van der Waals surface area contributed by atoms with E-state index in [1.165, 1.54) is 19.2 Å². The van der Waals surface area contributed by atoms with Crippen molar-refractivity contribution in [3.63, 3.8) is 0 Å². The number of carbonyl (C=O) groups is 2. The number of carbonyl (C=O) groups excluding carboxylic acids is 2. The predicted molar refractivity (Wildman–Crippen MR) is 99.4 cm³/mol. The average Bonchev–Trinajstić information content (AvgIpc) is 2.60. The lowest BCUT2D eigenvalue weighted by molar-refractivity contribution is -0.140. The molecule has 7 heteroatoms. The van der Waals surface area contributed by atoms with Crippen LogP contribution in [0.1, 0.15) is 38.8 Å². The molecule has 1 heterocycles. The van der Waals surface area contributed by atoms with Gasteiger partial charge in [0.2, 0.25) is 0 Å². The SMILES string of the molecule is COCCOC(=O)C1=C(C)N(CCC(C)C)C(=O)N[C@H]1c1cccc(F)c1. The van der Waals surface area contributed by atoms with Gasteiger partial charge in [0, 0.05) is 19.4 Å². The zero-order valence-electron chi connectivity index (χ0n) is 16.3. The fraction of sp³-hybridized carbons (Fsp3) is 0.500. The number of ether oxygens (including phenoxy) is 2. The fourth-order valence-corrected chi connectivity index (χ4v) is 2.93. The monoisotopic (exact) mass is 378 g/mol. The Morgan fingerprint density at radius 3 is 2.70 bits per heavy atom. The molecule has 1 aromatic carbocycles. The molecule has 27 heavy (non-hydrogen) atoms. The first kappa shape index (κ1) is 20.9. The number of rotatable bonds is 8. The Morgan fingerprint density at radius 1 is 1.33 bits per heavy atom. The molecule has 0 aromatic heterocycles. The Balaban J connectivity index is 2.39. The Morgan fingerprint density at radius 2 is 2.07 bits per heavy atom. The van der Waals surface area contributed by atoms with Gasteiger partial charge in [0.05, 0.1) is 18.2 Å². The number of benzene rings is 1. The number of allylic oxidation sites excluding steroid dienone is 1. The van der Waals surface area contributed by atoms with Gasteiger partial charge in [0.1, 0.15) is 12.4 Å². The summed E-state index contributed by atoms with van der Waals surface area (Å²) in [6.45, 7) is 6.71. The number of methoxy groups -OCH3 is 1. The Kier molecular flexibility index (Phi) is 7.36. The van der Waals surface area contributed by atoms with Crippen molar-refractivity contribution in [2.75, 3.05) is 26.9 Å². The van der Waals surface area contributed by atoms with Crippen LogP contribution in [0, 0.1) is 11.7 Å². The van der Waals surface area contributed by atoms with E-state index in [0.717, 1.165) is 6.42 Å². The maximum absolute atomic E-state index is 13.7. The van der Waals surface area contributed by atoms with E-state index in [9.17, 15) is 14.0 Å². The molecule has 1 aliphatic rings. The van der Waals surface area contributed by atoms with Crippen LogP contribution in [0.25, 0.3) is 0 Å². The standard InChI is InChI=1S/C20H27FN2O4/c1-13(2)8-9-23-14(3)17(19(24)27-11-10-26-4)18(22-20(23)25)15-6-5-7-16(21)12-15/h5-7,12-13,18H,8-11H2,1-4H3,(H,22,25)/t18-/m0/s1. The quantitative estimate of drug-likeness (QED) is 0.556. The summed E-state index contributed by atoms with van der Waals surface area (Å²) >= 11 is 0. The van der Waals surface area contributed by atoms with Crippen LogP contribution in [0.4, 0.5) is 9.18 Å². The molecule has 1 atom stereocenters. The number of nitrogens with zero attached hydrogens (tertiary/aromatic N) is 1. The highest BCUT2D eigenvalue weighted by Gasteiger charge is 2.36. The van der Waals surface area contributed by atoms with E-state index >= 15 is 0 Å². The zero-order valence-corrected chi connectivity index (χ0v) is 16.3. The van der Waals surface area contributed by atoms with Crippen LogP contribution in [0.15, 0.2) is 35.5 Å². The molecule has 1 aromatic rings. The van der Waals surface area contributed by atoms with E-state index in [-0.39, 0.29) is 19.2 Å². The molecule has 2 amide bonds. The number of urea groups is 1. The van der Waals surface area contributed by atoms with Crippen LogP contribution in [0.3, 0.4) is 0 Å². The highest BCUT2D eigenvalue weighted by molar-refractivity contribution is 5.95. The molecule has 0 saturated heterocycles. The van der Waals surface area contributed by atoms with Crippen molar-refractivity contribution in [2.24, 2.45) is 5.92 Å². The molecule has 148 valence electrons. The summed E-state index contributed by atoms with van der Waals surface area (Å²) < 4.78 is 23.9. The summed E-state index contributed by atoms with van der Waals surface area (Å²) in [7, 11) is 1.52. The first-order valence-corrected chi connectivity index (χ1v) is 9.05. The second kappa shape index (κ2) is 9.50. The lowest BCUT2D eigenvalue weighted by Gasteiger charge is -2.35. The molecule has 0 radical (unpaired) electrons. The van der Waals surface area contributed by atoms with Crippen LogP contribution < -0.4 is 5.32 Å². The minimum Gasteiger partial charge on any atom is -0.460 e. The third-order valence-electron chi connectivity index (χ3n) is 4.45. The number of nitrogens with one attached hydrogen (secondary N) is 1. The van der Waals surface area contributed by atoms with Gasteiger partial charge in [-0.2, -0.15) is 0 Å². The van der Waals surface area contributed by atoms with Crippen molar-refractivity contribution in [2.45, 2.75) is 33.2 Å². The summed E-state index contributed by atoms with van der Waals surface area (Å²) in [5.74, 6) is -0.578. The summed E-state index contributed by atoms with van der Waals surface area (Å²) in [6, 6.07) is 4.77. The number of hydrogen-bond donors (Lipinski definition) is 1. The predicted octanol–water partition coefficient (Wildman–Crippen LogP) is 3.40. The van der Waals surface area contributed by atoms with Crippen LogP contribution in [-0.4, -0.2) is 43.8 Å². The molecule has 1 aliphatic heterocycles. The maximum atomic E-state index is 13.7. The Bertz CT molecular complexity index is 718. The molecule has 2 rings (SSSR count). The van der Waals surface area contributed by atoms with Gasteiger partial charge < -0.3 is 14.8 Å². The lowest BCUT2D eigenvalue weighted by atomic mass is 9.94. The molecular formula is C20H27FN2O4. The van der Waals surface area contributed by atoms with E-state index < -0.39 is 17.8 Å². The molecule has 0 saturated carbocycles. The lowest BCUT2D eigenvalue weighted by Crippen LogP contribution is -2.48. The molecular weight excluding hydrogens is 351 g/mol. The van der Waals surface area contributed by atoms with Crippen molar-refractivity contribution in [3.05, 3.63) is 46.9 Å². The molecule has 0 unspecified atom stereocenters. The van der Waals surface area contributed by atoms with E-state index in [1.54, 1.807) is 24.0 Å². The average molecular weight is 378 g/mol. The van der Waals surface area contributed by atoms with E-state index in [0.29, 0.717) is 29.3 Å². The zero-order chi connectivity index (χ0) is 20.0. The van der Waals surface area contributed by atoms with Gasteiger partial charge in [-0.05, 0) is 37.0 Å². The third kappa shape index (κ3) is 5.29. The van der Waals surface area contributed by atoms with Crippen LogP contribution in [0.2, 0.25) is 0 Å². The summed E-state index contributed by atoms with van der Waals surface area (Å²) in [5.41, 5.74) is 1.32. The van der Waals surface area contributed by atoms with Crippen molar-refractivity contribution in [1.82, 2.24) is 10.2 Å². The van der Waals surface area contributed by atoms with Crippen LogP contribution in [-0.2, 0) is 14.3 Å². The van der Waals surface area contributed by atoms with E-state index in [1.807, 2.05) is 0 Å². The summed E-state index contributed by atoms with van der Waals surface area (Å²) in [5, 5.41) is 2.82. The van der Waals surface area contributed by atoms with Gasteiger partial charge in [-0.15, -0.1) is 0 Å². The molecule has 0 bridgehead atoms. The minimum absolute atomic E-state index is 0.0991. The Hall–Kier alpha value is -2.41. The van der Waals surface area contributed by atoms with Crippen molar-refractivity contribution >= 4 is 12.0 Å². The summed E-state index contributed by atoms with van der Waals surface area (Å²) in [6.07, 6.45) is 0.793. The number of hydrogen-bond acceptors (Lipinski definition) is 4. The van der Waals surface area contributed by atoms with E-state index in [2.05, 4.69) is 19.2 Å². The smallest absolute Gasteiger partial charge is 0.338 e.